The van der Waals surface area contributed by atoms with E-state index in [9.17, 15) is 9.59 Å². The molecule has 0 fully saturated rings. The zero-order valence-corrected chi connectivity index (χ0v) is 14.4. The highest BCUT2D eigenvalue weighted by atomic mass is 16.3. The molecule has 0 saturated carbocycles. The standard InChI is InChI=1S/C20H17N3O3/c1-11(24)23-10-14-19(20(23)25)18(16-7-4-8-26-16)12-9-22(2)15-6-3-5-13(21-14)17(12)15/h3-9,18,21H,10H2,1-2H3/t18-/m1/s1. The number of rotatable bonds is 1. The highest BCUT2D eigenvalue weighted by Crippen LogP contribution is 2.46. The van der Waals surface area contributed by atoms with Crippen molar-refractivity contribution in [3.8, 4) is 0 Å². The number of aromatic nitrogens is 1. The largest absolute Gasteiger partial charge is 0.468 e. The molecule has 0 spiro atoms. The molecule has 0 aliphatic carbocycles. The number of imide groups is 1. The van der Waals surface area contributed by atoms with Crippen molar-refractivity contribution in [1.82, 2.24) is 9.47 Å². The molecule has 5 rings (SSSR count). The van der Waals surface area contributed by atoms with E-state index in [0.29, 0.717) is 11.3 Å². The monoisotopic (exact) mass is 347 g/mol. The summed E-state index contributed by atoms with van der Waals surface area (Å²) in [4.78, 5) is 26.3. The second-order valence-electron chi connectivity index (χ2n) is 6.77. The third-order valence-corrected chi connectivity index (χ3v) is 5.25. The Bertz CT molecular complexity index is 1100. The Balaban J connectivity index is 1.82. The maximum Gasteiger partial charge on any atom is 0.259 e. The molecule has 0 bridgehead atoms. The normalized spacial score (nSPS) is 18.9. The van der Waals surface area contributed by atoms with E-state index in [1.165, 1.54) is 11.8 Å². The van der Waals surface area contributed by atoms with Crippen LogP contribution in [0, 0.1) is 0 Å². The van der Waals surface area contributed by atoms with Crippen LogP contribution in [0.2, 0.25) is 0 Å². The Kier molecular flexibility index (Phi) is 2.95. The molecule has 1 atom stereocenters. The van der Waals surface area contributed by atoms with Crippen LogP contribution in [0.25, 0.3) is 10.9 Å². The van der Waals surface area contributed by atoms with Crippen LogP contribution >= 0.6 is 0 Å². The first-order valence-electron chi connectivity index (χ1n) is 8.50. The van der Waals surface area contributed by atoms with E-state index in [1.807, 2.05) is 37.5 Å². The Morgan fingerprint density at radius 1 is 1.27 bits per heavy atom. The van der Waals surface area contributed by atoms with Gasteiger partial charge in [0.1, 0.15) is 5.76 Å². The minimum atomic E-state index is -0.350. The fourth-order valence-corrected chi connectivity index (χ4v) is 4.12. The SMILES string of the molecule is CC(=O)N1CC2=C(C1=O)[C@@H](c1ccco1)c1cn(C)c3cccc(c13)N2. The Morgan fingerprint density at radius 2 is 2.12 bits per heavy atom. The number of benzene rings is 1. The van der Waals surface area contributed by atoms with Gasteiger partial charge in [-0.25, -0.2) is 0 Å². The van der Waals surface area contributed by atoms with Crippen molar-refractivity contribution < 1.29 is 14.0 Å². The van der Waals surface area contributed by atoms with Crippen molar-refractivity contribution in [1.29, 1.82) is 0 Å². The number of nitrogens with zero attached hydrogens (tertiary/aromatic N) is 2. The van der Waals surface area contributed by atoms with Gasteiger partial charge in [0.25, 0.3) is 5.91 Å². The average molecular weight is 347 g/mol. The smallest absolute Gasteiger partial charge is 0.259 e. The maximum atomic E-state index is 13.1. The second kappa shape index (κ2) is 5.11. The summed E-state index contributed by atoms with van der Waals surface area (Å²) < 4.78 is 7.76. The summed E-state index contributed by atoms with van der Waals surface area (Å²) in [5.41, 5.74) is 4.37. The Hall–Kier alpha value is -3.28. The molecule has 0 saturated heterocycles. The molecule has 0 radical (unpaired) electrons. The van der Waals surface area contributed by atoms with Crippen LogP contribution < -0.4 is 5.32 Å². The number of nitrogens with one attached hydrogen (secondary N) is 1. The Labute approximate surface area is 149 Å². The minimum absolute atomic E-state index is 0.255. The number of hydrogen-bond donors (Lipinski definition) is 1. The molecule has 1 N–H and O–H groups in total. The number of carbonyl (C=O) groups is 2. The van der Waals surface area contributed by atoms with Crippen LogP contribution in [0.4, 0.5) is 5.69 Å². The van der Waals surface area contributed by atoms with Crippen LogP contribution in [0.5, 0.6) is 0 Å². The third kappa shape index (κ3) is 1.87. The second-order valence-corrected chi connectivity index (χ2v) is 6.77. The zero-order valence-electron chi connectivity index (χ0n) is 14.4. The molecule has 0 unspecified atom stereocenters. The first kappa shape index (κ1) is 15.0. The first-order chi connectivity index (χ1) is 12.6. The molecule has 6 heteroatoms. The van der Waals surface area contributed by atoms with E-state index >= 15 is 0 Å². The number of amides is 2. The predicted molar refractivity (Wildman–Crippen MR) is 96.5 cm³/mol. The lowest BCUT2D eigenvalue weighted by atomic mass is 9.88. The Morgan fingerprint density at radius 3 is 2.85 bits per heavy atom. The molecular weight excluding hydrogens is 330 g/mol. The van der Waals surface area contributed by atoms with E-state index in [0.717, 1.165) is 27.9 Å². The fraction of sp³-hybridized carbons (Fsp3) is 0.200. The molecule has 4 heterocycles. The van der Waals surface area contributed by atoms with E-state index in [2.05, 4.69) is 16.0 Å². The number of hydrogen-bond acceptors (Lipinski definition) is 4. The quantitative estimate of drug-likeness (QED) is 0.735. The average Bonchev–Trinajstić information content (AvgIpc) is 3.29. The van der Waals surface area contributed by atoms with Crippen LogP contribution in [0.15, 0.2) is 58.5 Å². The van der Waals surface area contributed by atoms with E-state index in [-0.39, 0.29) is 24.3 Å². The predicted octanol–water partition coefficient (Wildman–Crippen LogP) is 2.97. The van der Waals surface area contributed by atoms with Gasteiger partial charge in [0.05, 0.1) is 29.8 Å². The lowest BCUT2D eigenvalue weighted by Gasteiger charge is -2.17. The first-order valence-corrected chi connectivity index (χ1v) is 8.50. The molecular formula is C20H17N3O3. The van der Waals surface area contributed by atoms with Gasteiger partial charge in [-0.2, -0.15) is 0 Å². The topological polar surface area (TPSA) is 67.5 Å². The van der Waals surface area contributed by atoms with E-state index in [4.69, 9.17) is 4.42 Å². The van der Waals surface area contributed by atoms with Crippen molar-refractivity contribution in [2.45, 2.75) is 12.8 Å². The molecule has 3 aromatic rings. The van der Waals surface area contributed by atoms with Crippen molar-refractivity contribution >= 4 is 28.4 Å². The molecule has 6 nitrogen and oxygen atoms in total. The molecule has 2 aliphatic heterocycles. The highest BCUT2D eigenvalue weighted by molar-refractivity contribution is 6.11. The lowest BCUT2D eigenvalue weighted by Crippen LogP contribution is -2.33. The number of aryl methyl sites for hydroxylation is 1. The molecule has 2 aliphatic rings. The van der Waals surface area contributed by atoms with Crippen LogP contribution in [0.3, 0.4) is 0 Å². The summed E-state index contributed by atoms with van der Waals surface area (Å²) in [6.45, 7) is 1.67. The van der Waals surface area contributed by atoms with Gasteiger partial charge >= 0.3 is 0 Å². The summed E-state index contributed by atoms with van der Waals surface area (Å²) in [7, 11) is 1.99. The number of carbonyl (C=O) groups excluding carboxylic acids is 2. The van der Waals surface area contributed by atoms with Crippen molar-refractivity contribution in [3.63, 3.8) is 0 Å². The van der Waals surface area contributed by atoms with Gasteiger partial charge in [-0.15, -0.1) is 0 Å². The summed E-state index contributed by atoms with van der Waals surface area (Å²) in [6, 6.07) is 9.75. The maximum absolute atomic E-state index is 13.1. The summed E-state index contributed by atoms with van der Waals surface area (Å²) in [6.07, 6.45) is 3.66. The van der Waals surface area contributed by atoms with Gasteiger partial charge in [0, 0.05) is 36.9 Å². The molecule has 2 amide bonds. The summed E-state index contributed by atoms with van der Waals surface area (Å²) in [5.74, 6) is -0.167. The van der Waals surface area contributed by atoms with Gasteiger partial charge in [0.15, 0.2) is 0 Å². The lowest BCUT2D eigenvalue weighted by molar-refractivity contribution is -0.139. The van der Waals surface area contributed by atoms with Gasteiger partial charge in [-0.1, -0.05) is 6.07 Å². The summed E-state index contributed by atoms with van der Waals surface area (Å²) in [5, 5.41) is 4.49. The highest BCUT2D eigenvalue weighted by Gasteiger charge is 2.42. The number of furan rings is 1. The third-order valence-electron chi connectivity index (χ3n) is 5.25. The van der Waals surface area contributed by atoms with E-state index < -0.39 is 0 Å². The molecule has 26 heavy (non-hydrogen) atoms. The van der Waals surface area contributed by atoms with Gasteiger partial charge in [-0.3, -0.25) is 14.5 Å². The van der Waals surface area contributed by atoms with Crippen molar-refractivity contribution in [2.75, 3.05) is 11.9 Å². The minimum Gasteiger partial charge on any atom is -0.468 e. The van der Waals surface area contributed by atoms with Gasteiger partial charge in [-0.05, 0) is 29.8 Å². The van der Waals surface area contributed by atoms with Crippen LogP contribution in [-0.4, -0.2) is 27.8 Å². The van der Waals surface area contributed by atoms with Gasteiger partial charge < -0.3 is 14.3 Å². The summed E-state index contributed by atoms with van der Waals surface area (Å²) >= 11 is 0. The fourth-order valence-electron chi connectivity index (χ4n) is 4.12. The molecule has 2 aromatic heterocycles. The molecule has 1 aromatic carbocycles. The number of anilines is 1. The van der Waals surface area contributed by atoms with Gasteiger partial charge in [0.2, 0.25) is 5.91 Å². The van der Waals surface area contributed by atoms with Crippen LogP contribution in [0.1, 0.15) is 24.2 Å². The van der Waals surface area contributed by atoms with Crippen LogP contribution in [-0.2, 0) is 16.6 Å². The molecule has 130 valence electrons. The van der Waals surface area contributed by atoms with E-state index in [1.54, 1.807) is 6.26 Å². The van der Waals surface area contributed by atoms with Crippen molar-refractivity contribution in [2.24, 2.45) is 7.05 Å². The zero-order chi connectivity index (χ0) is 18.0. The van der Waals surface area contributed by atoms with Crippen molar-refractivity contribution in [3.05, 3.63) is 65.4 Å².